The lowest BCUT2D eigenvalue weighted by Gasteiger charge is -2.15. The molecule has 2 atom stereocenters. The maximum absolute atomic E-state index is 12.0. The molecule has 0 unspecified atom stereocenters. The molecule has 0 aliphatic carbocycles. The predicted molar refractivity (Wildman–Crippen MR) is 88.7 cm³/mol. The third-order valence-corrected chi connectivity index (χ3v) is 4.43. The molecular weight excluding hydrogens is 292 g/mol. The van der Waals surface area contributed by atoms with Crippen LogP contribution in [0.15, 0.2) is 24.3 Å². The Kier molecular flexibility index (Phi) is 5.53. The summed E-state index contributed by atoms with van der Waals surface area (Å²) in [6, 6.07) is 7.44. The Morgan fingerprint density at radius 3 is 2.39 bits per heavy atom. The summed E-state index contributed by atoms with van der Waals surface area (Å²) in [6.45, 7) is 6.29. The molecule has 1 aliphatic heterocycles. The second-order valence-electron chi connectivity index (χ2n) is 6.69. The Morgan fingerprint density at radius 2 is 1.87 bits per heavy atom. The van der Waals surface area contributed by atoms with Gasteiger partial charge >= 0.3 is 0 Å². The number of hydrogen-bond acceptors (Lipinski definition) is 3. The normalized spacial score (nSPS) is 18.9. The molecule has 5 nitrogen and oxygen atoms in total. The molecule has 5 heteroatoms. The number of carbonyl (C=O) groups excluding carboxylic acids is 3. The fourth-order valence-corrected chi connectivity index (χ4v) is 2.52. The summed E-state index contributed by atoms with van der Waals surface area (Å²) in [4.78, 5) is 34.7. The summed E-state index contributed by atoms with van der Waals surface area (Å²) in [5.41, 5.74) is 1.73. The summed E-state index contributed by atoms with van der Waals surface area (Å²) in [5, 5.41) is 5.21. The van der Waals surface area contributed by atoms with Crippen LogP contribution >= 0.6 is 0 Å². The van der Waals surface area contributed by atoms with E-state index in [4.69, 9.17) is 0 Å². The first-order valence-corrected chi connectivity index (χ1v) is 8.07. The smallest absolute Gasteiger partial charge is 0.230 e. The molecule has 0 spiro atoms. The van der Waals surface area contributed by atoms with Crippen LogP contribution in [0.1, 0.15) is 39.2 Å². The van der Waals surface area contributed by atoms with Crippen LogP contribution in [-0.4, -0.2) is 17.7 Å². The molecule has 1 fully saturated rings. The van der Waals surface area contributed by atoms with E-state index in [1.54, 1.807) is 0 Å². The molecule has 0 radical (unpaired) electrons. The Labute approximate surface area is 136 Å². The molecule has 1 aromatic carbocycles. The van der Waals surface area contributed by atoms with Gasteiger partial charge in [0.1, 0.15) is 0 Å². The molecule has 2 rings (SSSR count). The predicted octanol–water partition coefficient (Wildman–Crippen LogP) is 2.51. The van der Waals surface area contributed by atoms with Gasteiger partial charge < -0.3 is 5.32 Å². The number of carbonyl (C=O) groups is 3. The van der Waals surface area contributed by atoms with Gasteiger partial charge in [-0.25, -0.2) is 0 Å². The van der Waals surface area contributed by atoms with Gasteiger partial charge in [0.05, 0.1) is 5.92 Å². The molecule has 2 N–H and O–H groups in total. The van der Waals surface area contributed by atoms with E-state index in [0.29, 0.717) is 24.7 Å². The third kappa shape index (κ3) is 4.91. The van der Waals surface area contributed by atoms with Gasteiger partial charge in [-0.05, 0) is 36.0 Å². The molecule has 1 aromatic rings. The van der Waals surface area contributed by atoms with Gasteiger partial charge in [-0.2, -0.15) is 0 Å². The van der Waals surface area contributed by atoms with Crippen LogP contribution in [0.25, 0.3) is 0 Å². The minimum absolute atomic E-state index is 0.0136. The van der Waals surface area contributed by atoms with Gasteiger partial charge in [0, 0.05) is 18.5 Å². The van der Waals surface area contributed by atoms with Crippen molar-refractivity contribution in [1.82, 2.24) is 5.32 Å². The number of benzene rings is 1. The fourth-order valence-electron chi connectivity index (χ4n) is 2.52. The SMILES string of the molecule is CC(C)[C@@H](C)CC(=O)Nc1ccc(C[C@H]2CC(=O)NC2=O)cc1. The first kappa shape index (κ1) is 17.2. The highest BCUT2D eigenvalue weighted by atomic mass is 16.2. The monoisotopic (exact) mass is 316 g/mol. The highest BCUT2D eigenvalue weighted by Gasteiger charge is 2.30. The van der Waals surface area contributed by atoms with E-state index in [9.17, 15) is 14.4 Å². The van der Waals surface area contributed by atoms with E-state index in [1.165, 1.54) is 0 Å². The average molecular weight is 316 g/mol. The van der Waals surface area contributed by atoms with Crippen LogP contribution in [0.4, 0.5) is 5.69 Å². The van der Waals surface area contributed by atoms with Crippen molar-refractivity contribution < 1.29 is 14.4 Å². The van der Waals surface area contributed by atoms with Crippen LogP contribution in [0.2, 0.25) is 0 Å². The lowest BCUT2D eigenvalue weighted by molar-refractivity contribution is -0.125. The Bertz CT molecular complexity index is 593. The van der Waals surface area contributed by atoms with Crippen molar-refractivity contribution >= 4 is 23.4 Å². The van der Waals surface area contributed by atoms with Crippen molar-refractivity contribution in [2.45, 2.75) is 40.0 Å². The second-order valence-corrected chi connectivity index (χ2v) is 6.69. The summed E-state index contributed by atoms with van der Waals surface area (Å²) < 4.78 is 0. The van der Waals surface area contributed by atoms with Gasteiger partial charge in [-0.3, -0.25) is 19.7 Å². The standard InChI is InChI=1S/C18H24N2O3/c1-11(2)12(3)8-16(21)19-15-6-4-13(5-7-15)9-14-10-17(22)20-18(14)23/h4-7,11-12,14H,8-10H2,1-3H3,(H,19,21)(H,20,22,23)/t12-,14-/m0/s1. The highest BCUT2D eigenvalue weighted by molar-refractivity contribution is 6.03. The second kappa shape index (κ2) is 7.40. The molecule has 1 aliphatic rings. The van der Waals surface area contributed by atoms with Crippen molar-refractivity contribution in [2.75, 3.05) is 5.32 Å². The van der Waals surface area contributed by atoms with E-state index in [-0.39, 0.29) is 30.1 Å². The first-order chi connectivity index (χ1) is 10.8. The van der Waals surface area contributed by atoms with Crippen LogP contribution in [0.3, 0.4) is 0 Å². The molecule has 0 saturated carbocycles. The van der Waals surface area contributed by atoms with Crippen LogP contribution in [0.5, 0.6) is 0 Å². The van der Waals surface area contributed by atoms with Gasteiger partial charge in [0.15, 0.2) is 0 Å². The van der Waals surface area contributed by atoms with Crippen LogP contribution in [-0.2, 0) is 20.8 Å². The van der Waals surface area contributed by atoms with Crippen molar-refractivity contribution in [3.8, 4) is 0 Å². The number of imide groups is 1. The maximum atomic E-state index is 12.0. The molecule has 23 heavy (non-hydrogen) atoms. The molecule has 124 valence electrons. The van der Waals surface area contributed by atoms with Gasteiger partial charge in [0.25, 0.3) is 0 Å². The van der Waals surface area contributed by atoms with Crippen molar-refractivity contribution in [1.29, 1.82) is 0 Å². The minimum Gasteiger partial charge on any atom is -0.326 e. The Balaban J connectivity index is 1.88. The Morgan fingerprint density at radius 1 is 1.22 bits per heavy atom. The molecule has 1 heterocycles. The summed E-state index contributed by atoms with van der Waals surface area (Å²) in [5.74, 6) is 0.142. The minimum atomic E-state index is -0.283. The quantitative estimate of drug-likeness (QED) is 0.792. The zero-order valence-corrected chi connectivity index (χ0v) is 13.9. The van der Waals surface area contributed by atoms with Crippen LogP contribution in [0, 0.1) is 17.8 Å². The van der Waals surface area contributed by atoms with E-state index in [2.05, 4.69) is 31.4 Å². The molecule has 1 saturated heterocycles. The fraction of sp³-hybridized carbons (Fsp3) is 0.500. The van der Waals surface area contributed by atoms with Crippen molar-refractivity contribution in [3.05, 3.63) is 29.8 Å². The summed E-state index contributed by atoms with van der Waals surface area (Å²) in [6.07, 6.45) is 1.30. The van der Waals surface area contributed by atoms with Crippen LogP contribution < -0.4 is 10.6 Å². The lowest BCUT2D eigenvalue weighted by Crippen LogP contribution is -2.22. The summed E-state index contributed by atoms with van der Waals surface area (Å²) in [7, 11) is 0. The summed E-state index contributed by atoms with van der Waals surface area (Å²) >= 11 is 0. The molecular formula is C18H24N2O3. The van der Waals surface area contributed by atoms with Crippen molar-refractivity contribution in [3.63, 3.8) is 0 Å². The topological polar surface area (TPSA) is 75.3 Å². The molecule has 3 amide bonds. The lowest BCUT2D eigenvalue weighted by atomic mass is 9.94. The number of hydrogen-bond donors (Lipinski definition) is 2. The number of anilines is 1. The zero-order chi connectivity index (χ0) is 17.0. The van der Waals surface area contributed by atoms with E-state index in [1.807, 2.05) is 24.3 Å². The van der Waals surface area contributed by atoms with Gasteiger partial charge in [-0.15, -0.1) is 0 Å². The largest absolute Gasteiger partial charge is 0.326 e. The van der Waals surface area contributed by atoms with Crippen molar-refractivity contribution in [2.24, 2.45) is 17.8 Å². The Hall–Kier alpha value is -2.17. The first-order valence-electron chi connectivity index (χ1n) is 8.07. The zero-order valence-electron chi connectivity index (χ0n) is 13.9. The van der Waals surface area contributed by atoms with E-state index >= 15 is 0 Å². The highest BCUT2D eigenvalue weighted by Crippen LogP contribution is 2.20. The average Bonchev–Trinajstić information content (AvgIpc) is 2.78. The third-order valence-electron chi connectivity index (χ3n) is 4.43. The van der Waals surface area contributed by atoms with Gasteiger partial charge in [0.2, 0.25) is 17.7 Å². The van der Waals surface area contributed by atoms with Gasteiger partial charge in [-0.1, -0.05) is 32.9 Å². The molecule has 0 bridgehead atoms. The van der Waals surface area contributed by atoms with E-state index < -0.39 is 0 Å². The molecule has 0 aromatic heterocycles. The van der Waals surface area contributed by atoms with E-state index in [0.717, 1.165) is 11.3 Å². The number of nitrogens with one attached hydrogen (secondary N) is 2. The maximum Gasteiger partial charge on any atom is 0.230 e. The number of rotatable bonds is 6. The number of amides is 3.